The number of hydrogen-bond donors (Lipinski definition) is 0. The SMILES string of the molecule is CC(F)(F)COc1nc2c(s1)CCN(CCC1CCC(CC(=O)C=C3CCOCC3)CC1)C2. The third-order valence-electron chi connectivity index (χ3n) is 7.05. The Kier molecular flexibility index (Phi) is 8.52. The molecular formula is C25H36F2N2O3S. The van der Waals surface area contributed by atoms with Gasteiger partial charge < -0.3 is 9.47 Å². The number of carbonyl (C=O) groups excluding carboxylic acids is 1. The van der Waals surface area contributed by atoms with Crippen molar-refractivity contribution in [2.45, 2.75) is 77.2 Å². The Balaban J connectivity index is 1.15. The second-order valence-electron chi connectivity index (χ2n) is 10.00. The Morgan fingerprint density at radius 1 is 1.21 bits per heavy atom. The van der Waals surface area contributed by atoms with Gasteiger partial charge in [0, 0.05) is 31.3 Å². The number of ether oxygens (including phenoxy) is 2. The minimum Gasteiger partial charge on any atom is -0.464 e. The van der Waals surface area contributed by atoms with E-state index in [4.69, 9.17) is 9.47 Å². The van der Waals surface area contributed by atoms with Gasteiger partial charge in [-0.25, -0.2) is 13.8 Å². The molecule has 1 saturated carbocycles. The molecule has 0 spiro atoms. The molecule has 33 heavy (non-hydrogen) atoms. The van der Waals surface area contributed by atoms with Gasteiger partial charge in [0.05, 0.1) is 18.9 Å². The monoisotopic (exact) mass is 482 g/mol. The topological polar surface area (TPSA) is 51.7 Å². The number of carbonyl (C=O) groups is 1. The van der Waals surface area contributed by atoms with E-state index in [1.807, 2.05) is 6.08 Å². The van der Waals surface area contributed by atoms with E-state index in [1.54, 1.807) is 0 Å². The summed E-state index contributed by atoms with van der Waals surface area (Å²) in [7, 11) is 0. The van der Waals surface area contributed by atoms with Crippen LogP contribution in [0, 0.1) is 11.8 Å². The highest BCUT2D eigenvalue weighted by atomic mass is 32.1. The van der Waals surface area contributed by atoms with Crippen LogP contribution in [0.3, 0.4) is 0 Å². The number of ketones is 1. The van der Waals surface area contributed by atoms with Crippen LogP contribution in [0.4, 0.5) is 8.78 Å². The molecular weight excluding hydrogens is 446 g/mol. The summed E-state index contributed by atoms with van der Waals surface area (Å²) in [6, 6.07) is 0. The first-order chi connectivity index (χ1) is 15.8. The van der Waals surface area contributed by atoms with Gasteiger partial charge in [-0.3, -0.25) is 9.69 Å². The molecule has 2 fully saturated rings. The molecule has 0 N–H and O–H groups in total. The zero-order chi connectivity index (χ0) is 23.3. The van der Waals surface area contributed by atoms with E-state index in [0.29, 0.717) is 23.3 Å². The number of halogens is 2. The fraction of sp³-hybridized carbons (Fsp3) is 0.760. The van der Waals surface area contributed by atoms with Crippen molar-refractivity contribution in [1.29, 1.82) is 0 Å². The Bertz CT molecular complexity index is 820. The normalized spacial score (nSPS) is 24.4. The van der Waals surface area contributed by atoms with Crippen LogP contribution in [0.1, 0.15) is 68.9 Å². The van der Waals surface area contributed by atoms with E-state index >= 15 is 0 Å². The van der Waals surface area contributed by atoms with Crippen molar-refractivity contribution in [2.24, 2.45) is 11.8 Å². The summed E-state index contributed by atoms with van der Waals surface area (Å²) in [4.78, 5) is 20.5. The molecule has 1 aliphatic carbocycles. The number of alkyl halides is 2. The minimum absolute atomic E-state index is 0.300. The molecule has 4 rings (SSSR count). The van der Waals surface area contributed by atoms with Crippen molar-refractivity contribution < 1.29 is 23.0 Å². The summed E-state index contributed by atoms with van der Waals surface area (Å²) in [5.41, 5.74) is 2.24. The smallest absolute Gasteiger partial charge is 0.278 e. The number of hydrogen-bond acceptors (Lipinski definition) is 6. The molecule has 1 aromatic rings. The van der Waals surface area contributed by atoms with Gasteiger partial charge in [0.25, 0.3) is 11.1 Å². The van der Waals surface area contributed by atoms with Gasteiger partial charge in [0.1, 0.15) is 0 Å². The molecule has 0 aromatic carbocycles. The summed E-state index contributed by atoms with van der Waals surface area (Å²) in [5, 5.41) is 0.365. The van der Waals surface area contributed by atoms with Crippen molar-refractivity contribution in [2.75, 3.05) is 32.9 Å². The molecule has 3 heterocycles. The van der Waals surface area contributed by atoms with Gasteiger partial charge in [-0.15, -0.1) is 0 Å². The summed E-state index contributed by atoms with van der Waals surface area (Å²) < 4.78 is 36.6. The first kappa shape index (κ1) is 24.7. The van der Waals surface area contributed by atoms with Crippen molar-refractivity contribution in [3.05, 3.63) is 22.2 Å². The predicted molar refractivity (Wildman–Crippen MR) is 125 cm³/mol. The Hall–Kier alpha value is -1.38. The third-order valence-corrected chi connectivity index (χ3v) is 8.12. The van der Waals surface area contributed by atoms with Crippen molar-refractivity contribution >= 4 is 17.1 Å². The number of aromatic nitrogens is 1. The van der Waals surface area contributed by atoms with E-state index in [2.05, 4.69) is 9.88 Å². The number of thiazole rings is 1. The van der Waals surface area contributed by atoms with Gasteiger partial charge >= 0.3 is 0 Å². The van der Waals surface area contributed by atoms with Crippen molar-refractivity contribution in [3.63, 3.8) is 0 Å². The second-order valence-corrected chi connectivity index (χ2v) is 11.0. The molecule has 0 amide bonds. The molecule has 5 nitrogen and oxygen atoms in total. The first-order valence-electron chi connectivity index (χ1n) is 12.4. The van der Waals surface area contributed by atoms with Crippen LogP contribution in [-0.4, -0.2) is 54.5 Å². The van der Waals surface area contributed by atoms with E-state index in [9.17, 15) is 13.6 Å². The standard InChI is InChI=1S/C25H36F2N2O3S/c1-25(26,27)17-32-24-28-22-16-29(11-7-23(22)33-24)10-6-18-2-4-19(5-3-18)14-21(30)15-20-8-12-31-13-9-20/h15,18-19H,2-14,16-17H2,1H3. The second kappa shape index (κ2) is 11.4. The maximum absolute atomic E-state index is 13.0. The van der Waals surface area contributed by atoms with Crippen LogP contribution >= 0.6 is 11.3 Å². The molecule has 184 valence electrons. The molecule has 2 aliphatic heterocycles. The molecule has 0 atom stereocenters. The van der Waals surface area contributed by atoms with Gasteiger partial charge in [0.15, 0.2) is 12.4 Å². The number of rotatable bonds is 9. The highest BCUT2D eigenvalue weighted by Gasteiger charge is 2.27. The Morgan fingerprint density at radius 2 is 1.94 bits per heavy atom. The maximum atomic E-state index is 13.0. The average molecular weight is 483 g/mol. The van der Waals surface area contributed by atoms with Crippen LogP contribution < -0.4 is 4.74 Å². The fourth-order valence-electron chi connectivity index (χ4n) is 5.11. The van der Waals surface area contributed by atoms with Crippen LogP contribution in [0.2, 0.25) is 0 Å². The van der Waals surface area contributed by atoms with Gasteiger partial charge in [-0.05, 0) is 63.0 Å². The first-order valence-corrected chi connectivity index (χ1v) is 13.2. The molecule has 3 aliphatic rings. The average Bonchev–Trinajstić information content (AvgIpc) is 3.20. The number of allylic oxidation sites excluding steroid dienone is 1. The molecule has 0 bridgehead atoms. The fourth-order valence-corrected chi connectivity index (χ4v) is 6.01. The summed E-state index contributed by atoms with van der Waals surface area (Å²) in [6.45, 7) is 4.55. The predicted octanol–water partition coefficient (Wildman–Crippen LogP) is 5.43. The lowest BCUT2D eigenvalue weighted by Gasteiger charge is -2.31. The number of nitrogens with zero attached hydrogens (tertiary/aromatic N) is 2. The Morgan fingerprint density at radius 3 is 2.67 bits per heavy atom. The van der Waals surface area contributed by atoms with Gasteiger partial charge in [0.2, 0.25) is 0 Å². The van der Waals surface area contributed by atoms with E-state index in [-0.39, 0.29) is 0 Å². The third kappa shape index (κ3) is 7.82. The zero-order valence-electron chi connectivity index (χ0n) is 19.6. The van der Waals surface area contributed by atoms with Gasteiger partial charge in [-0.1, -0.05) is 29.8 Å². The van der Waals surface area contributed by atoms with E-state index < -0.39 is 12.5 Å². The maximum Gasteiger partial charge on any atom is 0.278 e. The molecule has 0 unspecified atom stereocenters. The quantitative estimate of drug-likeness (QED) is 0.440. The number of fused-ring (bicyclic) bond motifs is 1. The largest absolute Gasteiger partial charge is 0.464 e. The summed E-state index contributed by atoms with van der Waals surface area (Å²) in [5.74, 6) is -1.28. The van der Waals surface area contributed by atoms with Crippen LogP contribution in [0.15, 0.2) is 11.6 Å². The highest BCUT2D eigenvalue weighted by Crippen LogP contribution is 2.34. The molecule has 0 radical (unpaired) electrons. The van der Waals surface area contributed by atoms with E-state index in [0.717, 1.165) is 83.5 Å². The zero-order valence-corrected chi connectivity index (χ0v) is 20.4. The summed E-state index contributed by atoms with van der Waals surface area (Å²) in [6.07, 6.45) is 11.2. The van der Waals surface area contributed by atoms with Gasteiger partial charge in [-0.2, -0.15) is 0 Å². The lowest BCUT2D eigenvalue weighted by atomic mass is 9.78. The Labute approximate surface area is 199 Å². The summed E-state index contributed by atoms with van der Waals surface area (Å²) >= 11 is 1.41. The van der Waals surface area contributed by atoms with Crippen LogP contribution in [0.5, 0.6) is 5.19 Å². The van der Waals surface area contributed by atoms with Crippen LogP contribution in [-0.2, 0) is 22.5 Å². The molecule has 1 saturated heterocycles. The highest BCUT2D eigenvalue weighted by molar-refractivity contribution is 7.13. The van der Waals surface area contributed by atoms with Crippen LogP contribution in [0.25, 0.3) is 0 Å². The molecule has 1 aromatic heterocycles. The van der Waals surface area contributed by atoms with Crippen molar-refractivity contribution in [1.82, 2.24) is 9.88 Å². The molecule has 8 heteroatoms. The lowest BCUT2D eigenvalue weighted by molar-refractivity contribution is -0.115. The van der Waals surface area contributed by atoms with E-state index in [1.165, 1.54) is 41.0 Å². The minimum atomic E-state index is -2.84. The lowest BCUT2D eigenvalue weighted by Crippen LogP contribution is -2.32. The van der Waals surface area contributed by atoms with Crippen molar-refractivity contribution in [3.8, 4) is 5.19 Å².